The van der Waals surface area contributed by atoms with Crippen molar-refractivity contribution in [1.29, 1.82) is 0 Å². The number of hydrogen-bond acceptors (Lipinski definition) is 4. The Balaban J connectivity index is 2.60. The van der Waals surface area contributed by atoms with Crippen LogP contribution in [0.15, 0.2) is 18.2 Å². The number of carbonyl (C=O) groups excluding carboxylic acids is 1. The van der Waals surface area contributed by atoms with E-state index < -0.39 is 5.97 Å². The minimum atomic E-state index is -1.21. The van der Waals surface area contributed by atoms with Gasteiger partial charge in [0.25, 0.3) is 5.91 Å². The van der Waals surface area contributed by atoms with Gasteiger partial charge in [-0.25, -0.2) is 4.79 Å². The van der Waals surface area contributed by atoms with E-state index in [1.807, 2.05) is 0 Å². The Morgan fingerprint density at radius 3 is 2.79 bits per heavy atom. The fourth-order valence-corrected chi connectivity index (χ4v) is 1.57. The Labute approximate surface area is 115 Å². The van der Waals surface area contributed by atoms with Gasteiger partial charge in [-0.3, -0.25) is 4.79 Å². The van der Waals surface area contributed by atoms with Gasteiger partial charge in [-0.2, -0.15) is 0 Å². The Morgan fingerprint density at radius 1 is 1.42 bits per heavy atom. The molecule has 6 nitrogen and oxygen atoms in total. The number of carboxylic acid groups (broad SMARTS) is 1. The summed E-state index contributed by atoms with van der Waals surface area (Å²) in [5, 5.41) is 11.6. The van der Waals surface area contributed by atoms with Gasteiger partial charge in [0.05, 0.1) is 11.6 Å². The molecular weight excluding hydrogens is 274 g/mol. The molecular formula is C12H14ClNO5. The molecule has 2 N–H and O–H groups in total. The van der Waals surface area contributed by atoms with Crippen molar-refractivity contribution in [2.45, 2.75) is 0 Å². The summed E-state index contributed by atoms with van der Waals surface area (Å²) in [5.41, 5.74) is -0.158. The van der Waals surface area contributed by atoms with Crippen molar-refractivity contribution in [2.75, 3.05) is 26.9 Å². The van der Waals surface area contributed by atoms with Gasteiger partial charge in [0, 0.05) is 13.7 Å². The van der Waals surface area contributed by atoms with Gasteiger partial charge < -0.3 is 19.9 Å². The number of nitrogens with one attached hydrogen (secondary N) is 1. The topological polar surface area (TPSA) is 84.9 Å². The molecule has 0 aliphatic carbocycles. The zero-order chi connectivity index (χ0) is 14.3. The number of methoxy groups -OCH3 is 1. The molecule has 0 bridgehead atoms. The van der Waals surface area contributed by atoms with Crippen molar-refractivity contribution >= 4 is 23.5 Å². The number of ether oxygens (including phenoxy) is 2. The molecule has 1 aromatic rings. The SMILES string of the molecule is COCCNC(=O)COc1cccc(Cl)c1C(=O)O. The Morgan fingerprint density at radius 2 is 2.16 bits per heavy atom. The molecule has 0 aromatic heterocycles. The summed E-state index contributed by atoms with van der Waals surface area (Å²) >= 11 is 5.76. The molecule has 19 heavy (non-hydrogen) atoms. The zero-order valence-electron chi connectivity index (χ0n) is 10.3. The van der Waals surface area contributed by atoms with Crippen LogP contribution in [-0.4, -0.2) is 43.9 Å². The molecule has 0 atom stereocenters. The number of halogens is 1. The van der Waals surface area contributed by atoms with E-state index in [1.54, 1.807) is 6.07 Å². The molecule has 0 saturated carbocycles. The maximum atomic E-state index is 11.4. The van der Waals surface area contributed by atoms with Crippen molar-refractivity contribution in [2.24, 2.45) is 0 Å². The standard InChI is InChI=1S/C12H14ClNO5/c1-18-6-5-14-10(15)7-19-9-4-2-3-8(13)11(9)12(16)17/h2-4H,5-7H2,1H3,(H,14,15)(H,16,17). The van der Waals surface area contributed by atoms with E-state index in [1.165, 1.54) is 19.2 Å². The van der Waals surface area contributed by atoms with Crippen LogP contribution in [0.1, 0.15) is 10.4 Å². The fraction of sp³-hybridized carbons (Fsp3) is 0.333. The van der Waals surface area contributed by atoms with Crippen LogP contribution >= 0.6 is 11.6 Å². The highest BCUT2D eigenvalue weighted by atomic mass is 35.5. The van der Waals surface area contributed by atoms with E-state index in [2.05, 4.69) is 5.32 Å². The average molecular weight is 288 g/mol. The van der Waals surface area contributed by atoms with E-state index in [9.17, 15) is 9.59 Å². The summed E-state index contributed by atoms with van der Waals surface area (Å²) in [6.45, 7) is 0.466. The van der Waals surface area contributed by atoms with Gasteiger partial charge in [-0.05, 0) is 12.1 Å². The van der Waals surface area contributed by atoms with E-state index in [0.29, 0.717) is 13.2 Å². The van der Waals surface area contributed by atoms with Crippen LogP contribution in [0, 0.1) is 0 Å². The first-order chi connectivity index (χ1) is 9.06. The molecule has 0 fully saturated rings. The molecule has 0 saturated heterocycles. The number of amides is 1. The third kappa shape index (κ3) is 4.76. The summed E-state index contributed by atoms with van der Waals surface area (Å²) in [7, 11) is 1.52. The first-order valence-corrected chi connectivity index (χ1v) is 5.84. The zero-order valence-corrected chi connectivity index (χ0v) is 11.1. The first kappa shape index (κ1) is 15.3. The van der Waals surface area contributed by atoms with Crippen LogP contribution in [0.4, 0.5) is 0 Å². The van der Waals surface area contributed by atoms with Gasteiger partial charge in [0.15, 0.2) is 6.61 Å². The van der Waals surface area contributed by atoms with Crippen molar-refractivity contribution in [3.05, 3.63) is 28.8 Å². The molecule has 7 heteroatoms. The van der Waals surface area contributed by atoms with E-state index in [4.69, 9.17) is 26.2 Å². The molecule has 1 rings (SSSR count). The Hall–Kier alpha value is -1.79. The lowest BCUT2D eigenvalue weighted by Gasteiger charge is -2.10. The van der Waals surface area contributed by atoms with E-state index >= 15 is 0 Å². The number of carboxylic acids is 1. The molecule has 1 amide bonds. The summed E-state index contributed by atoms with van der Waals surface area (Å²) in [6, 6.07) is 4.43. The van der Waals surface area contributed by atoms with Gasteiger partial charge in [-0.15, -0.1) is 0 Å². The van der Waals surface area contributed by atoms with Crippen LogP contribution in [-0.2, 0) is 9.53 Å². The largest absolute Gasteiger partial charge is 0.483 e. The minimum Gasteiger partial charge on any atom is -0.483 e. The van der Waals surface area contributed by atoms with Crippen molar-refractivity contribution in [1.82, 2.24) is 5.32 Å². The normalized spacial score (nSPS) is 10.0. The monoisotopic (exact) mass is 287 g/mol. The van der Waals surface area contributed by atoms with Crippen molar-refractivity contribution < 1.29 is 24.2 Å². The predicted octanol–water partition coefficient (Wildman–Crippen LogP) is 1.18. The number of rotatable bonds is 7. The molecule has 0 spiro atoms. The second kappa shape index (κ2) is 7.60. The smallest absolute Gasteiger partial charge is 0.341 e. The lowest BCUT2D eigenvalue weighted by molar-refractivity contribution is -0.123. The summed E-state index contributed by atoms with van der Waals surface area (Å²) in [6.07, 6.45) is 0. The predicted molar refractivity (Wildman–Crippen MR) is 68.8 cm³/mol. The second-order valence-electron chi connectivity index (χ2n) is 3.55. The number of aromatic carboxylic acids is 1. The maximum Gasteiger partial charge on any atom is 0.341 e. The van der Waals surface area contributed by atoms with Crippen LogP contribution in [0.5, 0.6) is 5.75 Å². The molecule has 104 valence electrons. The molecule has 1 aromatic carbocycles. The summed E-state index contributed by atoms with van der Waals surface area (Å²) in [5.74, 6) is -1.52. The summed E-state index contributed by atoms with van der Waals surface area (Å²) < 4.78 is 9.92. The van der Waals surface area contributed by atoms with E-state index in [0.717, 1.165) is 0 Å². The van der Waals surface area contributed by atoms with Gasteiger partial charge >= 0.3 is 5.97 Å². The molecule has 0 unspecified atom stereocenters. The Bertz CT molecular complexity index is 463. The van der Waals surface area contributed by atoms with Crippen molar-refractivity contribution in [3.8, 4) is 5.75 Å². The highest BCUT2D eigenvalue weighted by Crippen LogP contribution is 2.26. The molecule has 0 heterocycles. The lowest BCUT2D eigenvalue weighted by atomic mass is 10.2. The average Bonchev–Trinajstić information content (AvgIpc) is 2.36. The van der Waals surface area contributed by atoms with Gasteiger partial charge in [0.1, 0.15) is 11.3 Å². The fourth-order valence-electron chi connectivity index (χ4n) is 1.32. The summed E-state index contributed by atoms with van der Waals surface area (Å²) in [4.78, 5) is 22.4. The molecule has 0 aliphatic heterocycles. The van der Waals surface area contributed by atoms with Crippen molar-refractivity contribution in [3.63, 3.8) is 0 Å². The van der Waals surface area contributed by atoms with Crippen LogP contribution in [0.2, 0.25) is 5.02 Å². The lowest BCUT2D eigenvalue weighted by Crippen LogP contribution is -2.31. The van der Waals surface area contributed by atoms with Gasteiger partial charge in [0.2, 0.25) is 0 Å². The highest BCUT2D eigenvalue weighted by molar-refractivity contribution is 6.33. The molecule has 0 radical (unpaired) electrons. The quantitative estimate of drug-likeness (QED) is 0.736. The second-order valence-corrected chi connectivity index (χ2v) is 3.96. The van der Waals surface area contributed by atoms with Crippen LogP contribution in [0.3, 0.4) is 0 Å². The highest BCUT2D eigenvalue weighted by Gasteiger charge is 2.16. The first-order valence-electron chi connectivity index (χ1n) is 5.46. The number of benzene rings is 1. The van der Waals surface area contributed by atoms with Crippen LogP contribution in [0.25, 0.3) is 0 Å². The number of hydrogen-bond donors (Lipinski definition) is 2. The Kier molecular flexibility index (Phi) is 6.11. The molecule has 0 aliphatic rings. The van der Waals surface area contributed by atoms with Crippen LogP contribution < -0.4 is 10.1 Å². The van der Waals surface area contributed by atoms with E-state index in [-0.39, 0.29) is 28.8 Å². The maximum absolute atomic E-state index is 11.4. The van der Waals surface area contributed by atoms with Gasteiger partial charge in [-0.1, -0.05) is 17.7 Å². The minimum absolute atomic E-state index is 0.0573. The number of carbonyl (C=O) groups is 2. The third-order valence-corrected chi connectivity index (χ3v) is 2.49. The third-order valence-electron chi connectivity index (χ3n) is 2.18.